The van der Waals surface area contributed by atoms with Crippen LogP contribution in [0.1, 0.15) is 27.8 Å². The summed E-state index contributed by atoms with van der Waals surface area (Å²) >= 11 is 11.2. The van der Waals surface area contributed by atoms with Crippen LogP contribution in [0.5, 0.6) is 5.75 Å². The maximum atomic E-state index is 10.8. The monoisotopic (exact) mass is 260 g/mol. The summed E-state index contributed by atoms with van der Waals surface area (Å²) in [6.07, 6.45) is 0. The molecule has 0 radical (unpaired) electrons. The molecule has 0 unspecified atom stereocenters. The van der Waals surface area contributed by atoms with Gasteiger partial charge in [0.1, 0.15) is 5.75 Å². The highest BCUT2D eigenvalue weighted by Gasteiger charge is 2.16. The van der Waals surface area contributed by atoms with Crippen molar-refractivity contribution in [3.05, 3.63) is 27.8 Å². The van der Waals surface area contributed by atoms with Crippen LogP contribution in [0.2, 0.25) is 0 Å². The maximum absolute atomic E-state index is 10.8. The molecule has 0 saturated heterocycles. The predicted molar refractivity (Wildman–Crippen MR) is 66.8 cm³/mol. The summed E-state index contributed by atoms with van der Waals surface area (Å²) in [5.41, 5.74) is 4.19. The first-order valence-corrected chi connectivity index (χ1v) is 5.83. The van der Waals surface area contributed by atoms with Gasteiger partial charge in [-0.25, -0.2) is 4.79 Å². The molecule has 0 heterocycles. The van der Waals surface area contributed by atoms with E-state index in [2.05, 4.69) is 0 Å². The van der Waals surface area contributed by atoms with Crippen molar-refractivity contribution in [2.45, 2.75) is 33.6 Å². The molecule has 4 heteroatoms. The number of hydrogen-bond acceptors (Lipinski definition) is 2. The third-order valence-electron chi connectivity index (χ3n) is 3.03. The number of alkyl halides is 1. The van der Waals surface area contributed by atoms with E-state index < -0.39 is 5.43 Å². The lowest BCUT2D eigenvalue weighted by atomic mass is 9.94. The number of ether oxygens (including phenoxy) is 1. The highest BCUT2D eigenvalue weighted by Crippen LogP contribution is 2.33. The lowest BCUT2D eigenvalue weighted by Crippen LogP contribution is -2.06. The van der Waals surface area contributed by atoms with Gasteiger partial charge in [-0.05, 0) is 55.5 Å². The van der Waals surface area contributed by atoms with Gasteiger partial charge in [0.2, 0.25) is 0 Å². The van der Waals surface area contributed by atoms with E-state index in [0.717, 1.165) is 27.8 Å². The van der Waals surface area contributed by atoms with Gasteiger partial charge in [-0.3, -0.25) is 0 Å². The fraction of sp³-hybridized carbons (Fsp3) is 0.417. The van der Waals surface area contributed by atoms with Crippen LogP contribution in [0.4, 0.5) is 4.79 Å². The normalized spacial score (nSPS) is 10.4. The van der Waals surface area contributed by atoms with Gasteiger partial charge >= 0.3 is 5.43 Å². The Balaban J connectivity index is 3.47. The topological polar surface area (TPSA) is 26.3 Å². The number of carbonyl (C=O) groups is 1. The Morgan fingerprint density at radius 1 is 1.06 bits per heavy atom. The van der Waals surface area contributed by atoms with Crippen LogP contribution >= 0.6 is 23.2 Å². The van der Waals surface area contributed by atoms with E-state index >= 15 is 0 Å². The third kappa shape index (κ3) is 2.33. The Bertz CT molecular complexity index is 410. The van der Waals surface area contributed by atoms with Gasteiger partial charge in [0.15, 0.2) is 0 Å². The molecular formula is C12H14Cl2O2. The first-order valence-electron chi connectivity index (χ1n) is 4.92. The van der Waals surface area contributed by atoms with E-state index in [1.54, 1.807) is 0 Å². The van der Waals surface area contributed by atoms with E-state index in [-0.39, 0.29) is 0 Å². The smallest absolute Gasteiger partial charge is 0.409 e. The average Bonchev–Trinajstić information content (AvgIpc) is 2.22. The molecule has 0 bridgehead atoms. The first kappa shape index (κ1) is 13.3. The molecule has 0 amide bonds. The Morgan fingerprint density at radius 2 is 1.50 bits per heavy atom. The van der Waals surface area contributed by atoms with Crippen LogP contribution in [-0.2, 0) is 5.88 Å². The number of halogens is 2. The van der Waals surface area contributed by atoms with Gasteiger partial charge in [0, 0.05) is 17.5 Å². The second kappa shape index (κ2) is 5.07. The number of rotatable bonds is 2. The number of benzene rings is 1. The average molecular weight is 261 g/mol. The van der Waals surface area contributed by atoms with Crippen molar-refractivity contribution in [3.8, 4) is 5.75 Å². The molecule has 0 N–H and O–H groups in total. The second-order valence-corrected chi connectivity index (χ2v) is 4.36. The fourth-order valence-electron chi connectivity index (χ4n) is 1.79. The van der Waals surface area contributed by atoms with Crippen LogP contribution < -0.4 is 4.74 Å². The zero-order valence-electron chi connectivity index (χ0n) is 9.78. The summed E-state index contributed by atoms with van der Waals surface area (Å²) in [4.78, 5) is 10.8. The van der Waals surface area contributed by atoms with Crippen molar-refractivity contribution in [1.82, 2.24) is 0 Å². The van der Waals surface area contributed by atoms with Gasteiger partial charge in [-0.15, -0.1) is 11.6 Å². The standard InChI is InChI=1S/C12H14Cl2O2/c1-6-8(3)11(16-12(14)15)9(4)7(2)10(6)5-13/h5H2,1-4H3. The van der Waals surface area contributed by atoms with Crippen LogP contribution in [-0.4, -0.2) is 5.43 Å². The molecule has 0 spiro atoms. The van der Waals surface area contributed by atoms with E-state index in [4.69, 9.17) is 27.9 Å². The van der Waals surface area contributed by atoms with Crippen molar-refractivity contribution in [2.24, 2.45) is 0 Å². The summed E-state index contributed by atoms with van der Waals surface area (Å²) in [5.74, 6) is 0.998. The minimum Gasteiger partial charge on any atom is -0.414 e. The Kier molecular flexibility index (Phi) is 4.22. The molecule has 1 aromatic carbocycles. The van der Waals surface area contributed by atoms with Crippen molar-refractivity contribution in [3.63, 3.8) is 0 Å². The largest absolute Gasteiger partial charge is 0.414 e. The molecule has 2 nitrogen and oxygen atoms in total. The summed E-state index contributed by atoms with van der Waals surface area (Å²) in [7, 11) is 0. The summed E-state index contributed by atoms with van der Waals surface area (Å²) in [5, 5.41) is 0. The molecule has 88 valence electrons. The van der Waals surface area contributed by atoms with Crippen LogP contribution in [0.3, 0.4) is 0 Å². The van der Waals surface area contributed by atoms with Crippen molar-refractivity contribution in [1.29, 1.82) is 0 Å². The molecule has 0 aromatic heterocycles. The quantitative estimate of drug-likeness (QED) is 0.582. The summed E-state index contributed by atoms with van der Waals surface area (Å²) in [6, 6.07) is 0. The van der Waals surface area contributed by atoms with Crippen LogP contribution in [0, 0.1) is 27.7 Å². The van der Waals surface area contributed by atoms with Gasteiger partial charge in [0.05, 0.1) is 0 Å². The Morgan fingerprint density at radius 3 is 1.81 bits per heavy atom. The molecule has 0 saturated carbocycles. The SMILES string of the molecule is Cc1c(C)c(OC(=O)Cl)c(C)c(C)c1CCl. The highest BCUT2D eigenvalue weighted by molar-refractivity contribution is 6.61. The van der Waals surface area contributed by atoms with E-state index in [9.17, 15) is 4.79 Å². The van der Waals surface area contributed by atoms with Crippen molar-refractivity contribution >= 4 is 28.6 Å². The molecule has 0 aliphatic carbocycles. The van der Waals surface area contributed by atoms with Crippen molar-refractivity contribution < 1.29 is 9.53 Å². The molecule has 0 atom stereocenters. The van der Waals surface area contributed by atoms with E-state index in [1.165, 1.54) is 0 Å². The minimum atomic E-state index is -0.816. The van der Waals surface area contributed by atoms with Gasteiger partial charge in [-0.2, -0.15) is 0 Å². The van der Waals surface area contributed by atoms with Crippen LogP contribution in [0.15, 0.2) is 0 Å². The predicted octanol–water partition coefficient (Wildman–Crippen LogP) is 4.40. The molecule has 0 aliphatic heterocycles. The number of carbonyl (C=O) groups excluding carboxylic acids is 1. The Hall–Kier alpha value is -0.730. The fourth-order valence-corrected chi connectivity index (χ4v) is 2.27. The zero-order chi connectivity index (χ0) is 12.5. The summed E-state index contributed by atoms with van der Waals surface area (Å²) in [6.45, 7) is 7.72. The zero-order valence-corrected chi connectivity index (χ0v) is 11.3. The van der Waals surface area contributed by atoms with E-state index in [0.29, 0.717) is 11.6 Å². The summed E-state index contributed by atoms with van der Waals surface area (Å²) < 4.78 is 5.02. The third-order valence-corrected chi connectivity index (χ3v) is 3.37. The molecule has 0 aliphatic rings. The lowest BCUT2D eigenvalue weighted by molar-refractivity contribution is 0.225. The van der Waals surface area contributed by atoms with Crippen LogP contribution in [0.25, 0.3) is 0 Å². The van der Waals surface area contributed by atoms with Gasteiger partial charge in [-0.1, -0.05) is 0 Å². The van der Waals surface area contributed by atoms with E-state index in [1.807, 2.05) is 27.7 Å². The maximum Gasteiger partial charge on any atom is 0.409 e. The minimum absolute atomic E-state index is 0.453. The Labute approximate surface area is 106 Å². The van der Waals surface area contributed by atoms with Gasteiger partial charge in [0.25, 0.3) is 0 Å². The molecule has 1 aromatic rings. The first-order chi connectivity index (χ1) is 7.40. The van der Waals surface area contributed by atoms with Gasteiger partial charge < -0.3 is 4.74 Å². The molecule has 16 heavy (non-hydrogen) atoms. The molecular weight excluding hydrogens is 247 g/mol. The second-order valence-electron chi connectivity index (χ2n) is 3.78. The van der Waals surface area contributed by atoms with Crippen molar-refractivity contribution in [2.75, 3.05) is 0 Å². The molecule has 0 fully saturated rings. The molecule has 1 rings (SSSR count). The highest BCUT2D eigenvalue weighted by atomic mass is 35.5. The lowest BCUT2D eigenvalue weighted by Gasteiger charge is -2.17. The number of hydrogen-bond donors (Lipinski definition) is 0.